The van der Waals surface area contributed by atoms with Crippen LogP contribution in [0.5, 0.6) is 0 Å². The first-order valence-corrected chi connectivity index (χ1v) is 12.7. The molecular formula is C31H28S. The van der Waals surface area contributed by atoms with Crippen molar-refractivity contribution in [2.24, 2.45) is 5.92 Å². The normalized spacial score (nSPS) is 14.7. The van der Waals surface area contributed by atoms with Gasteiger partial charge in [-0.1, -0.05) is 92.7 Å². The van der Waals surface area contributed by atoms with Crippen LogP contribution in [0, 0.1) is 5.92 Å². The van der Waals surface area contributed by atoms with E-state index in [2.05, 4.69) is 105 Å². The summed E-state index contributed by atoms with van der Waals surface area (Å²) in [7, 11) is 0. The third-order valence-electron chi connectivity index (χ3n) is 7.20. The van der Waals surface area contributed by atoms with Gasteiger partial charge in [-0.15, -0.1) is 11.8 Å². The molecule has 0 nitrogen and oxygen atoms in total. The zero-order chi connectivity index (χ0) is 21.7. The van der Waals surface area contributed by atoms with Gasteiger partial charge in [-0.3, -0.25) is 0 Å². The fraction of sp³-hybridized carbons (Fsp3) is 0.226. The van der Waals surface area contributed by atoms with E-state index < -0.39 is 0 Å². The Labute approximate surface area is 195 Å². The summed E-state index contributed by atoms with van der Waals surface area (Å²) in [6.45, 7) is 4.62. The van der Waals surface area contributed by atoms with Crippen LogP contribution < -0.4 is 0 Å². The summed E-state index contributed by atoms with van der Waals surface area (Å²) >= 11 is 2.01. The van der Waals surface area contributed by atoms with E-state index in [4.69, 9.17) is 0 Å². The predicted molar refractivity (Wildman–Crippen MR) is 137 cm³/mol. The summed E-state index contributed by atoms with van der Waals surface area (Å²) in [4.78, 5) is 1.39. The van der Waals surface area contributed by atoms with Crippen molar-refractivity contribution in [3.8, 4) is 11.1 Å². The van der Waals surface area contributed by atoms with Crippen molar-refractivity contribution in [2.75, 3.05) is 5.75 Å². The molecule has 0 bridgehead atoms. The Morgan fingerprint density at radius 2 is 1.28 bits per heavy atom. The van der Waals surface area contributed by atoms with Gasteiger partial charge in [0.25, 0.3) is 0 Å². The van der Waals surface area contributed by atoms with Gasteiger partial charge in [0.15, 0.2) is 0 Å². The van der Waals surface area contributed by atoms with Gasteiger partial charge >= 0.3 is 0 Å². The lowest BCUT2D eigenvalue weighted by Gasteiger charge is -2.40. The molecule has 1 spiro atoms. The SMILES string of the molecule is CC(C)CCSc1ccc2c(c1)C1(c3ccccc3C2)c2ccccc2-c2ccccc21. The zero-order valence-corrected chi connectivity index (χ0v) is 19.6. The molecule has 0 heterocycles. The van der Waals surface area contributed by atoms with Crippen LogP contribution in [0.25, 0.3) is 11.1 Å². The number of benzene rings is 4. The lowest BCUT2D eigenvalue weighted by molar-refractivity contribution is 0.632. The van der Waals surface area contributed by atoms with Gasteiger partial charge in [0.05, 0.1) is 5.41 Å². The van der Waals surface area contributed by atoms with Gasteiger partial charge in [-0.25, -0.2) is 0 Å². The maximum atomic E-state index is 2.51. The van der Waals surface area contributed by atoms with E-state index in [0.717, 1.165) is 12.3 Å². The highest BCUT2D eigenvalue weighted by molar-refractivity contribution is 7.99. The molecule has 0 atom stereocenters. The Balaban J connectivity index is 1.64. The second-order valence-electron chi connectivity index (χ2n) is 9.53. The predicted octanol–water partition coefficient (Wildman–Crippen LogP) is 8.09. The molecule has 4 aromatic carbocycles. The summed E-state index contributed by atoms with van der Waals surface area (Å²) < 4.78 is 0. The van der Waals surface area contributed by atoms with Gasteiger partial charge in [-0.05, 0) is 81.2 Å². The first-order chi connectivity index (χ1) is 15.7. The molecule has 0 amide bonds. The van der Waals surface area contributed by atoms with Crippen LogP contribution in [-0.2, 0) is 11.8 Å². The molecule has 0 saturated heterocycles. The van der Waals surface area contributed by atoms with E-state index in [0.29, 0.717) is 0 Å². The fourth-order valence-electron chi connectivity index (χ4n) is 5.77. The first kappa shape index (κ1) is 19.9. The fourth-order valence-corrected chi connectivity index (χ4v) is 6.96. The molecule has 4 aromatic rings. The van der Waals surface area contributed by atoms with Crippen molar-refractivity contribution in [3.63, 3.8) is 0 Å². The van der Waals surface area contributed by atoms with Crippen molar-refractivity contribution in [2.45, 2.75) is 37.0 Å². The molecule has 0 aliphatic heterocycles. The summed E-state index contributed by atoms with van der Waals surface area (Å²) in [5, 5.41) is 0. The average Bonchev–Trinajstić information content (AvgIpc) is 3.11. The van der Waals surface area contributed by atoms with Crippen molar-refractivity contribution in [1.29, 1.82) is 0 Å². The van der Waals surface area contributed by atoms with Crippen molar-refractivity contribution in [1.82, 2.24) is 0 Å². The van der Waals surface area contributed by atoms with Gasteiger partial charge in [0.1, 0.15) is 0 Å². The standard InChI is InChI=1S/C31H28S/c1-21(2)17-18-32-24-16-15-23-19-22-9-3-6-12-27(22)31(30(23)20-24)28-13-7-4-10-25(28)26-11-5-8-14-29(26)31/h3-16,20-21H,17-19H2,1-2H3. The summed E-state index contributed by atoms with van der Waals surface area (Å²) in [6.07, 6.45) is 2.26. The highest BCUT2D eigenvalue weighted by Gasteiger charge is 2.49. The number of rotatable bonds is 4. The third-order valence-corrected chi connectivity index (χ3v) is 8.23. The minimum atomic E-state index is -0.230. The summed E-state index contributed by atoms with van der Waals surface area (Å²) in [6, 6.07) is 34.5. The molecule has 2 aliphatic rings. The van der Waals surface area contributed by atoms with Gasteiger partial charge in [0.2, 0.25) is 0 Å². The van der Waals surface area contributed by atoms with Crippen molar-refractivity contribution in [3.05, 3.63) is 124 Å². The molecule has 6 rings (SSSR count). The molecule has 2 aliphatic carbocycles. The lowest BCUT2D eigenvalue weighted by atomic mass is 9.61. The highest BCUT2D eigenvalue weighted by atomic mass is 32.2. The molecule has 0 saturated carbocycles. The summed E-state index contributed by atoms with van der Waals surface area (Å²) in [5.74, 6) is 1.92. The Hall–Kier alpha value is -2.77. The van der Waals surface area contributed by atoms with Gasteiger partial charge < -0.3 is 0 Å². The monoisotopic (exact) mass is 432 g/mol. The maximum absolute atomic E-state index is 2.51. The molecule has 0 unspecified atom stereocenters. The highest BCUT2D eigenvalue weighted by Crippen LogP contribution is 2.59. The van der Waals surface area contributed by atoms with Crippen LogP contribution in [-0.4, -0.2) is 5.75 Å². The largest absolute Gasteiger partial charge is 0.126 e. The Morgan fingerprint density at radius 3 is 1.97 bits per heavy atom. The second kappa shape index (κ2) is 7.67. The quantitative estimate of drug-likeness (QED) is 0.254. The molecule has 0 radical (unpaired) electrons. The number of hydrogen-bond donors (Lipinski definition) is 0. The van der Waals surface area contributed by atoms with Crippen LogP contribution in [0.1, 0.15) is 53.6 Å². The number of hydrogen-bond acceptors (Lipinski definition) is 1. The zero-order valence-electron chi connectivity index (χ0n) is 18.8. The van der Waals surface area contributed by atoms with E-state index in [1.807, 2.05) is 11.8 Å². The van der Waals surface area contributed by atoms with Gasteiger partial charge in [-0.2, -0.15) is 0 Å². The van der Waals surface area contributed by atoms with E-state index in [-0.39, 0.29) is 5.41 Å². The maximum Gasteiger partial charge on any atom is 0.0719 e. The van der Waals surface area contributed by atoms with E-state index >= 15 is 0 Å². The van der Waals surface area contributed by atoms with Gasteiger partial charge in [0, 0.05) is 4.90 Å². The smallest absolute Gasteiger partial charge is 0.0719 e. The summed E-state index contributed by atoms with van der Waals surface area (Å²) in [5.41, 5.74) is 11.2. The molecule has 1 heteroatoms. The molecule has 0 N–H and O–H groups in total. The topological polar surface area (TPSA) is 0 Å². The minimum absolute atomic E-state index is 0.230. The lowest BCUT2D eigenvalue weighted by Crippen LogP contribution is -2.34. The Kier molecular flexibility index (Phi) is 4.77. The Morgan fingerprint density at radius 1 is 0.688 bits per heavy atom. The molecule has 0 fully saturated rings. The molecular weight excluding hydrogens is 404 g/mol. The van der Waals surface area contributed by atoms with Crippen LogP contribution in [0.3, 0.4) is 0 Å². The minimum Gasteiger partial charge on any atom is -0.126 e. The van der Waals surface area contributed by atoms with Crippen LogP contribution in [0.2, 0.25) is 0 Å². The number of fused-ring (bicyclic) bond motifs is 9. The molecule has 32 heavy (non-hydrogen) atoms. The van der Waals surface area contributed by atoms with Crippen LogP contribution in [0.4, 0.5) is 0 Å². The Bertz CT molecular complexity index is 1270. The molecule has 158 valence electrons. The molecule has 0 aromatic heterocycles. The average molecular weight is 433 g/mol. The van der Waals surface area contributed by atoms with E-state index in [1.54, 1.807) is 0 Å². The number of thioether (sulfide) groups is 1. The van der Waals surface area contributed by atoms with Crippen LogP contribution in [0.15, 0.2) is 95.9 Å². The van der Waals surface area contributed by atoms with E-state index in [1.165, 1.54) is 61.6 Å². The second-order valence-corrected chi connectivity index (χ2v) is 10.7. The van der Waals surface area contributed by atoms with Crippen LogP contribution >= 0.6 is 11.8 Å². The van der Waals surface area contributed by atoms with E-state index in [9.17, 15) is 0 Å². The van der Waals surface area contributed by atoms with Crippen molar-refractivity contribution < 1.29 is 0 Å². The third kappa shape index (κ3) is 2.84. The first-order valence-electron chi connectivity index (χ1n) is 11.7. The van der Waals surface area contributed by atoms with Crippen molar-refractivity contribution >= 4 is 11.8 Å².